The van der Waals surface area contributed by atoms with E-state index in [2.05, 4.69) is 47.9 Å². The van der Waals surface area contributed by atoms with Crippen LogP contribution in [-0.2, 0) is 4.79 Å². The summed E-state index contributed by atoms with van der Waals surface area (Å²) < 4.78 is 0. The maximum absolute atomic E-state index is 11.2. The Balaban J connectivity index is 2.36. The highest BCUT2D eigenvalue weighted by Crippen LogP contribution is 2.26. The number of hydrogen-bond acceptors (Lipinski definition) is 3. The summed E-state index contributed by atoms with van der Waals surface area (Å²) in [7, 11) is 0. The number of allylic oxidation sites excluding steroid dienone is 5. The van der Waals surface area contributed by atoms with Crippen molar-refractivity contribution in [2.45, 2.75) is 40.5 Å². The van der Waals surface area contributed by atoms with E-state index in [4.69, 9.17) is 0 Å². The molecule has 0 atom stereocenters. The average Bonchev–Trinajstić information content (AvgIpc) is 2.55. The zero-order chi connectivity index (χ0) is 18.4. The molecule has 2 heterocycles. The summed E-state index contributed by atoms with van der Waals surface area (Å²) in [6.07, 6.45) is 9.85. The number of nitrogens with one attached hydrogen (secondary N) is 1. The Morgan fingerprint density at radius 3 is 2.52 bits per heavy atom. The van der Waals surface area contributed by atoms with Crippen molar-refractivity contribution in [2.24, 2.45) is 0 Å². The van der Waals surface area contributed by atoms with E-state index < -0.39 is 0 Å². The maximum atomic E-state index is 11.2. The number of pyridine rings is 2. The highest BCUT2D eigenvalue weighted by molar-refractivity contribution is 5.92. The molecule has 4 nitrogen and oxygen atoms in total. The van der Waals surface area contributed by atoms with Gasteiger partial charge in [-0.15, -0.1) is 0 Å². The maximum Gasteiger partial charge on any atom is 0.222 e. The van der Waals surface area contributed by atoms with Gasteiger partial charge in [0.15, 0.2) is 0 Å². The Kier molecular flexibility index (Phi) is 6.23. The van der Waals surface area contributed by atoms with Crippen LogP contribution in [0.15, 0.2) is 54.4 Å². The number of rotatable bonds is 6. The molecule has 0 saturated carbocycles. The van der Waals surface area contributed by atoms with E-state index >= 15 is 0 Å². The predicted octanol–water partition coefficient (Wildman–Crippen LogP) is 5.29. The van der Waals surface area contributed by atoms with Gasteiger partial charge in [-0.3, -0.25) is 9.78 Å². The van der Waals surface area contributed by atoms with Crippen LogP contribution in [0.3, 0.4) is 0 Å². The number of carbonyl (C=O) groups is 1. The van der Waals surface area contributed by atoms with E-state index in [9.17, 15) is 4.79 Å². The van der Waals surface area contributed by atoms with Crippen LogP contribution in [0.25, 0.3) is 16.3 Å². The van der Waals surface area contributed by atoms with Crippen LogP contribution in [0.5, 0.6) is 0 Å². The Morgan fingerprint density at radius 1 is 1.20 bits per heavy atom. The summed E-state index contributed by atoms with van der Waals surface area (Å²) in [6.45, 7) is 11.8. The minimum atomic E-state index is -0.138. The van der Waals surface area contributed by atoms with Gasteiger partial charge in [0.2, 0.25) is 5.91 Å². The summed E-state index contributed by atoms with van der Waals surface area (Å²) in [4.78, 5) is 20.0. The highest BCUT2D eigenvalue weighted by atomic mass is 16.1. The first-order chi connectivity index (χ1) is 11.9. The minimum absolute atomic E-state index is 0.138. The van der Waals surface area contributed by atoms with E-state index in [-0.39, 0.29) is 5.91 Å². The number of carbonyl (C=O) groups excluding carboxylic acids is 1. The van der Waals surface area contributed by atoms with Crippen LogP contribution >= 0.6 is 0 Å². The third-order valence-corrected chi connectivity index (χ3v) is 3.89. The van der Waals surface area contributed by atoms with Crippen molar-refractivity contribution in [3.8, 4) is 0 Å². The van der Waals surface area contributed by atoms with Crippen LogP contribution < -0.4 is 5.32 Å². The standard InChI is InChI=1S/C21H25N3O/c1-6-8-14(3)9-15(4)19(7-2)20-10-17-13-23-21(24-16(5)25)11-18(17)12-22-20/h7,9-13H,3,6,8H2,1-2,4-5H3,(H,23,24,25)/b15-9-,19-7+. The number of aromatic nitrogens is 2. The number of hydrogen-bond donors (Lipinski definition) is 1. The summed E-state index contributed by atoms with van der Waals surface area (Å²) >= 11 is 0. The molecule has 0 aliphatic heterocycles. The Morgan fingerprint density at radius 2 is 1.88 bits per heavy atom. The second-order valence-electron chi connectivity index (χ2n) is 6.11. The monoisotopic (exact) mass is 335 g/mol. The summed E-state index contributed by atoms with van der Waals surface area (Å²) in [5.41, 5.74) is 4.27. The molecular formula is C21H25N3O. The number of nitrogens with zero attached hydrogens (tertiary/aromatic N) is 2. The molecule has 1 N–H and O–H groups in total. The SMILES string of the molecule is C=C(/C=C(C)\C(=C/C)c1cc2cnc(NC(C)=O)cc2cn1)CCC. The number of amides is 1. The Bertz CT molecular complexity index is 863. The van der Waals surface area contributed by atoms with Crippen molar-refractivity contribution >= 4 is 28.1 Å². The molecule has 0 radical (unpaired) electrons. The molecule has 130 valence electrons. The van der Waals surface area contributed by atoms with Gasteiger partial charge in [0.05, 0.1) is 5.69 Å². The second kappa shape index (κ2) is 8.38. The molecule has 0 aromatic carbocycles. The molecular weight excluding hydrogens is 310 g/mol. The van der Waals surface area contributed by atoms with Gasteiger partial charge in [0.1, 0.15) is 5.82 Å². The molecule has 0 unspecified atom stereocenters. The van der Waals surface area contributed by atoms with Crippen molar-refractivity contribution in [2.75, 3.05) is 5.32 Å². The van der Waals surface area contributed by atoms with Gasteiger partial charge in [-0.25, -0.2) is 4.98 Å². The van der Waals surface area contributed by atoms with E-state index in [1.54, 1.807) is 6.20 Å². The van der Waals surface area contributed by atoms with Gasteiger partial charge in [0.25, 0.3) is 0 Å². The summed E-state index contributed by atoms with van der Waals surface area (Å²) in [5, 5.41) is 4.61. The van der Waals surface area contributed by atoms with E-state index in [1.165, 1.54) is 6.92 Å². The van der Waals surface area contributed by atoms with Crippen LogP contribution in [0.4, 0.5) is 5.82 Å². The normalized spacial score (nSPS) is 12.3. The molecule has 25 heavy (non-hydrogen) atoms. The van der Waals surface area contributed by atoms with Gasteiger partial charge >= 0.3 is 0 Å². The number of anilines is 1. The first kappa shape index (κ1) is 18.6. The van der Waals surface area contributed by atoms with Crippen molar-refractivity contribution in [3.05, 3.63) is 60.1 Å². The van der Waals surface area contributed by atoms with Crippen LogP contribution in [0, 0.1) is 0 Å². The minimum Gasteiger partial charge on any atom is -0.311 e. The third kappa shape index (κ3) is 4.86. The molecule has 0 aliphatic carbocycles. The lowest BCUT2D eigenvalue weighted by atomic mass is 9.99. The molecule has 0 bridgehead atoms. The van der Waals surface area contributed by atoms with Gasteiger partial charge < -0.3 is 5.32 Å². The molecule has 4 heteroatoms. The smallest absolute Gasteiger partial charge is 0.222 e. The van der Waals surface area contributed by atoms with Crippen LogP contribution in [-0.4, -0.2) is 15.9 Å². The van der Waals surface area contributed by atoms with E-state index in [0.717, 1.165) is 46.0 Å². The van der Waals surface area contributed by atoms with Crippen LogP contribution in [0.2, 0.25) is 0 Å². The zero-order valence-electron chi connectivity index (χ0n) is 15.4. The zero-order valence-corrected chi connectivity index (χ0v) is 15.4. The van der Waals surface area contributed by atoms with Crippen molar-refractivity contribution in [1.82, 2.24) is 9.97 Å². The summed E-state index contributed by atoms with van der Waals surface area (Å²) in [6, 6.07) is 3.85. The molecule has 0 aliphatic rings. The fourth-order valence-electron chi connectivity index (χ4n) is 2.79. The van der Waals surface area contributed by atoms with Crippen LogP contribution in [0.1, 0.15) is 46.2 Å². The Hall–Kier alpha value is -2.75. The highest BCUT2D eigenvalue weighted by Gasteiger charge is 2.08. The van der Waals surface area contributed by atoms with Gasteiger partial charge in [-0.1, -0.05) is 37.6 Å². The van der Waals surface area contributed by atoms with Gasteiger partial charge in [0, 0.05) is 30.1 Å². The third-order valence-electron chi connectivity index (χ3n) is 3.89. The first-order valence-electron chi connectivity index (χ1n) is 8.51. The molecule has 2 aromatic heterocycles. The average molecular weight is 335 g/mol. The topological polar surface area (TPSA) is 54.9 Å². The summed E-state index contributed by atoms with van der Waals surface area (Å²) in [5.74, 6) is 0.397. The quantitative estimate of drug-likeness (QED) is 0.729. The fourth-order valence-corrected chi connectivity index (χ4v) is 2.79. The van der Waals surface area contributed by atoms with Gasteiger partial charge in [-0.2, -0.15) is 0 Å². The molecule has 2 aromatic rings. The van der Waals surface area contributed by atoms with E-state index in [1.807, 2.05) is 25.3 Å². The van der Waals surface area contributed by atoms with Crippen molar-refractivity contribution in [3.63, 3.8) is 0 Å². The molecule has 1 amide bonds. The first-order valence-corrected chi connectivity index (χ1v) is 8.51. The Labute approximate surface area is 149 Å². The van der Waals surface area contributed by atoms with Crippen molar-refractivity contribution in [1.29, 1.82) is 0 Å². The lowest BCUT2D eigenvalue weighted by molar-refractivity contribution is -0.114. The second-order valence-corrected chi connectivity index (χ2v) is 6.11. The molecule has 0 saturated heterocycles. The number of fused-ring (bicyclic) bond motifs is 1. The van der Waals surface area contributed by atoms with Gasteiger partial charge in [-0.05, 0) is 43.5 Å². The lowest BCUT2D eigenvalue weighted by Gasteiger charge is -2.10. The molecule has 0 fully saturated rings. The van der Waals surface area contributed by atoms with E-state index in [0.29, 0.717) is 5.82 Å². The fraction of sp³-hybridized carbons (Fsp3) is 0.286. The molecule has 0 spiro atoms. The molecule has 2 rings (SSSR count). The predicted molar refractivity (Wildman–Crippen MR) is 105 cm³/mol. The lowest BCUT2D eigenvalue weighted by Crippen LogP contribution is -2.07. The van der Waals surface area contributed by atoms with Crippen molar-refractivity contribution < 1.29 is 4.79 Å². The largest absolute Gasteiger partial charge is 0.311 e.